The highest BCUT2D eigenvalue weighted by molar-refractivity contribution is 9.10. The molecule has 0 radical (unpaired) electrons. The van der Waals surface area contributed by atoms with Crippen molar-refractivity contribution in [2.45, 2.75) is 19.8 Å². The van der Waals surface area contributed by atoms with Crippen LogP contribution in [0.2, 0.25) is 0 Å². The van der Waals surface area contributed by atoms with Gasteiger partial charge in [0, 0.05) is 19.3 Å². The number of halogens is 1. The Morgan fingerprint density at radius 3 is 3.11 bits per heavy atom. The average Bonchev–Trinajstić information content (AvgIpc) is 2.89. The molecule has 0 saturated carbocycles. The Hall–Kier alpha value is -0.490. The summed E-state index contributed by atoms with van der Waals surface area (Å²) in [5.74, 6) is 4.91. The maximum atomic E-state index is 4.48. The fraction of sp³-hybridized carbons (Fsp3) is 0.667. The molecule has 1 atom stereocenters. The molecule has 1 aromatic heterocycles. The van der Waals surface area contributed by atoms with Gasteiger partial charge in [-0.25, -0.2) is 4.98 Å². The molecule has 2 heterocycles. The number of nitrogens with zero attached hydrogens (tertiary/aromatic N) is 2. The molecule has 2 N–H and O–H groups in total. The van der Waals surface area contributed by atoms with E-state index in [1.165, 1.54) is 17.9 Å². The summed E-state index contributed by atoms with van der Waals surface area (Å²) in [6.07, 6.45) is 4.18. The lowest BCUT2D eigenvalue weighted by Gasteiger charge is -2.12. The number of rotatable bonds is 6. The molecule has 1 aliphatic rings. The van der Waals surface area contributed by atoms with Crippen LogP contribution in [0.3, 0.4) is 0 Å². The first-order valence-electron chi connectivity index (χ1n) is 6.37. The second kappa shape index (κ2) is 7.19. The van der Waals surface area contributed by atoms with E-state index in [1.54, 1.807) is 6.20 Å². The number of hydrogen-bond acceptors (Lipinski definition) is 5. The van der Waals surface area contributed by atoms with E-state index in [2.05, 4.69) is 43.5 Å². The van der Waals surface area contributed by atoms with Crippen LogP contribution in [0.15, 0.2) is 10.7 Å². The summed E-state index contributed by atoms with van der Waals surface area (Å²) < 4.78 is 0.926. The van der Waals surface area contributed by atoms with Gasteiger partial charge in [-0.15, -0.1) is 0 Å². The van der Waals surface area contributed by atoms with Crippen LogP contribution in [0, 0.1) is 5.92 Å². The van der Waals surface area contributed by atoms with Crippen LogP contribution >= 0.6 is 27.7 Å². The topological polar surface area (TPSA) is 49.8 Å². The van der Waals surface area contributed by atoms with E-state index in [1.807, 2.05) is 11.8 Å². The molecule has 0 bridgehead atoms. The first-order chi connectivity index (χ1) is 8.79. The SMILES string of the molecule is CCCNc1ncc(Br)c(NCC2CCSC2)n1. The second-order valence-corrected chi connectivity index (χ2v) is 6.43. The summed E-state index contributed by atoms with van der Waals surface area (Å²) in [6, 6.07) is 0. The molecule has 0 amide bonds. The lowest BCUT2D eigenvalue weighted by atomic mass is 10.1. The van der Waals surface area contributed by atoms with Crippen molar-refractivity contribution < 1.29 is 0 Å². The van der Waals surface area contributed by atoms with E-state index in [9.17, 15) is 0 Å². The first kappa shape index (κ1) is 13.9. The van der Waals surface area contributed by atoms with Crippen LogP contribution in [0.5, 0.6) is 0 Å². The normalized spacial score (nSPS) is 18.9. The maximum absolute atomic E-state index is 4.48. The Balaban J connectivity index is 1.92. The average molecular weight is 331 g/mol. The standard InChI is InChI=1S/C12H19BrN4S/c1-2-4-14-12-16-7-10(13)11(17-12)15-6-9-3-5-18-8-9/h7,9H,2-6,8H2,1H3,(H2,14,15,16,17). The maximum Gasteiger partial charge on any atom is 0.224 e. The number of hydrogen-bond donors (Lipinski definition) is 2. The van der Waals surface area contributed by atoms with Crippen LogP contribution in [0.4, 0.5) is 11.8 Å². The van der Waals surface area contributed by atoms with Gasteiger partial charge in [-0.2, -0.15) is 16.7 Å². The van der Waals surface area contributed by atoms with Crippen molar-refractivity contribution in [1.82, 2.24) is 9.97 Å². The molecule has 0 spiro atoms. The minimum atomic E-state index is 0.698. The van der Waals surface area contributed by atoms with Crippen molar-refractivity contribution >= 4 is 39.5 Å². The first-order valence-corrected chi connectivity index (χ1v) is 8.32. The molecule has 4 nitrogen and oxygen atoms in total. The summed E-state index contributed by atoms with van der Waals surface area (Å²) in [5.41, 5.74) is 0. The Labute approximate surface area is 121 Å². The Kier molecular flexibility index (Phi) is 5.56. The van der Waals surface area contributed by atoms with E-state index in [4.69, 9.17) is 0 Å². The monoisotopic (exact) mass is 330 g/mol. The minimum absolute atomic E-state index is 0.698. The molecule has 1 aromatic rings. The van der Waals surface area contributed by atoms with Gasteiger partial charge >= 0.3 is 0 Å². The Morgan fingerprint density at radius 1 is 1.50 bits per heavy atom. The van der Waals surface area contributed by atoms with E-state index < -0.39 is 0 Å². The molecule has 100 valence electrons. The predicted molar refractivity (Wildman–Crippen MR) is 82.4 cm³/mol. The van der Waals surface area contributed by atoms with E-state index in [0.717, 1.165) is 35.7 Å². The molecule has 6 heteroatoms. The zero-order chi connectivity index (χ0) is 12.8. The van der Waals surface area contributed by atoms with Crippen molar-refractivity contribution in [1.29, 1.82) is 0 Å². The summed E-state index contributed by atoms with van der Waals surface area (Å²) in [6.45, 7) is 4.03. The fourth-order valence-corrected chi connectivity index (χ4v) is 3.41. The highest BCUT2D eigenvalue weighted by Crippen LogP contribution is 2.25. The molecular formula is C12H19BrN4S. The summed E-state index contributed by atoms with van der Waals surface area (Å²) >= 11 is 5.53. The summed E-state index contributed by atoms with van der Waals surface area (Å²) in [7, 11) is 0. The van der Waals surface area contributed by atoms with Gasteiger partial charge in [0.2, 0.25) is 5.95 Å². The van der Waals surface area contributed by atoms with Crippen molar-refractivity contribution in [2.24, 2.45) is 5.92 Å². The highest BCUT2D eigenvalue weighted by Gasteiger charge is 2.15. The van der Waals surface area contributed by atoms with Crippen LogP contribution < -0.4 is 10.6 Å². The summed E-state index contributed by atoms with van der Waals surface area (Å²) in [4.78, 5) is 8.73. The molecule has 1 aliphatic heterocycles. The zero-order valence-electron chi connectivity index (χ0n) is 10.6. The van der Waals surface area contributed by atoms with Crippen LogP contribution in [-0.4, -0.2) is 34.6 Å². The van der Waals surface area contributed by atoms with Crippen LogP contribution in [0.1, 0.15) is 19.8 Å². The lowest BCUT2D eigenvalue weighted by molar-refractivity contribution is 0.630. The number of anilines is 2. The van der Waals surface area contributed by atoms with Gasteiger partial charge in [0.1, 0.15) is 5.82 Å². The molecule has 2 rings (SSSR count). The Bertz CT molecular complexity index is 382. The molecular weight excluding hydrogens is 312 g/mol. The molecule has 1 fully saturated rings. The number of nitrogens with one attached hydrogen (secondary N) is 2. The zero-order valence-corrected chi connectivity index (χ0v) is 13.0. The molecule has 18 heavy (non-hydrogen) atoms. The minimum Gasteiger partial charge on any atom is -0.369 e. The fourth-order valence-electron chi connectivity index (χ4n) is 1.80. The number of thioether (sulfide) groups is 1. The van der Waals surface area contributed by atoms with Crippen molar-refractivity contribution in [2.75, 3.05) is 35.2 Å². The van der Waals surface area contributed by atoms with Crippen molar-refractivity contribution in [3.63, 3.8) is 0 Å². The summed E-state index contributed by atoms with van der Waals surface area (Å²) in [5, 5.41) is 6.62. The molecule has 0 aliphatic carbocycles. The van der Waals surface area contributed by atoms with Crippen molar-refractivity contribution in [3.8, 4) is 0 Å². The molecule has 1 unspecified atom stereocenters. The van der Waals surface area contributed by atoms with Gasteiger partial charge in [0.25, 0.3) is 0 Å². The van der Waals surface area contributed by atoms with Crippen LogP contribution in [-0.2, 0) is 0 Å². The van der Waals surface area contributed by atoms with Crippen LogP contribution in [0.25, 0.3) is 0 Å². The second-order valence-electron chi connectivity index (χ2n) is 4.43. The number of aromatic nitrogens is 2. The highest BCUT2D eigenvalue weighted by atomic mass is 79.9. The van der Waals surface area contributed by atoms with Gasteiger partial charge in [0.05, 0.1) is 4.47 Å². The van der Waals surface area contributed by atoms with Gasteiger partial charge in [-0.05, 0) is 46.2 Å². The molecule has 0 aromatic carbocycles. The van der Waals surface area contributed by atoms with E-state index >= 15 is 0 Å². The third kappa shape index (κ3) is 4.02. The largest absolute Gasteiger partial charge is 0.369 e. The quantitative estimate of drug-likeness (QED) is 0.838. The third-order valence-electron chi connectivity index (χ3n) is 2.86. The van der Waals surface area contributed by atoms with E-state index in [0.29, 0.717) is 5.95 Å². The third-order valence-corrected chi connectivity index (χ3v) is 4.67. The predicted octanol–water partition coefficient (Wildman–Crippen LogP) is 3.23. The smallest absolute Gasteiger partial charge is 0.224 e. The van der Waals surface area contributed by atoms with Gasteiger partial charge < -0.3 is 10.6 Å². The molecule has 1 saturated heterocycles. The lowest BCUT2D eigenvalue weighted by Crippen LogP contribution is -2.15. The Morgan fingerprint density at radius 2 is 2.39 bits per heavy atom. The van der Waals surface area contributed by atoms with Gasteiger partial charge in [-0.1, -0.05) is 6.92 Å². The van der Waals surface area contributed by atoms with E-state index in [-0.39, 0.29) is 0 Å². The van der Waals surface area contributed by atoms with Crippen molar-refractivity contribution in [3.05, 3.63) is 10.7 Å². The van der Waals surface area contributed by atoms with Gasteiger partial charge in [0.15, 0.2) is 0 Å². The van der Waals surface area contributed by atoms with Gasteiger partial charge in [-0.3, -0.25) is 0 Å².